The van der Waals surface area contributed by atoms with Gasteiger partial charge in [0.1, 0.15) is 26.4 Å². The Morgan fingerprint density at radius 1 is 0.271 bits per heavy atom. The van der Waals surface area contributed by atoms with Gasteiger partial charge in [-0.05, 0) is 121 Å². The van der Waals surface area contributed by atoms with E-state index in [0.717, 1.165) is 195 Å². The highest BCUT2D eigenvalue weighted by molar-refractivity contribution is 5.73. The molecule has 0 unspecified atom stereocenters. The Hall–Kier alpha value is -8.92. The fourth-order valence-electron chi connectivity index (χ4n) is 14.6. The first-order valence-electron chi connectivity index (χ1n) is 35.4. The minimum atomic E-state index is -0.333. The largest absolute Gasteiger partial charge is 0.482 e. The number of pyridine rings is 4. The summed E-state index contributed by atoms with van der Waals surface area (Å²) in [7, 11) is 0. The van der Waals surface area contributed by atoms with E-state index in [2.05, 4.69) is 71.9 Å². The summed E-state index contributed by atoms with van der Waals surface area (Å²) in [5.41, 5.74) is 11.5. The minimum absolute atomic E-state index is 0.189. The lowest BCUT2D eigenvalue weighted by Gasteiger charge is -2.37. The summed E-state index contributed by atoms with van der Waals surface area (Å²) in [5.74, 6) is 5.12. The van der Waals surface area contributed by atoms with E-state index >= 15 is 0 Å². The van der Waals surface area contributed by atoms with Crippen molar-refractivity contribution in [1.82, 2.24) is 19.9 Å². The van der Waals surface area contributed by atoms with Crippen LogP contribution in [0.4, 0.5) is 0 Å². The Balaban J connectivity index is 1.17. The van der Waals surface area contributed by atoms with E-state index in [0.29, 0.717) is 69.0 Å². The normalized spacial score (nSPS) is 16.8. The molecule has 0 radical (unpaired) electrons. The van der Waals surface area contributed by atoms with E-state index < -0.39 is 0 Å². The van der Waals surface area contributed by atoms with Crippen molar-refractivity contribution in [1.29, 1.82) is 0 Å². The van der Waals surface area contributed by atoms with Crippen LogP contribution in [0.15, 0.2) is 122 Å². The summed E-state index contributed by atoms with van der Waals surface area (Å²) < 4.78 is 86.8. The maximum atomic E-state index is 7.31. The first-order valence-corrected chi connectivity index (χ1v) is 35.4. The second-order valence-corrected chi connectivity index (χ2v) is 26.0. The molecule has 504 valence electrons. The van der Waals surface area contributed by atoms with Crippen LogP contribution in [0, 0.1) is 0 Å². The van der Waals surface area contributed by atoms with Crippen molar-refractivity contribution < 1.29 is 56.8 Å². The molecule has 8 aromatic rings. The van der Waals surface area contributed by atoms with Crippen molar-refractivity contribution in [2.45, 2.75) is 206 Å². The van der Waals surface area contributed by atoms with Gasteiger partial charge in [-0.1, -0.05) is 130 Å². The molecule has 1 aliphatic carbocycles. The average Bonchev–Trinajstić information content (AvgIpc) is 0.727. The highest BCUT2D eigenvalue weighted by Gasteiger charge is 2.43. The van der Waals surface area contributed by atoms with E-state index in [-0.39, 0.29) is 77.3 Å². The molecule has 4 aromatic carbocycles. The highest BCUT2D eigenvalue weighted by Crippen LogP contribution is 2.63. The third kappa shape index (κ3) is 14.6. The SMILES string of the molecule is CCCCCCC1c2cc3c4c(OCc5ccncc5)c2OCOc2c1cc1c(c2OCc2ccncc2)OCOc2c(cc5c(c2OCc2ccncc2)OCOc2c(cc(c(c2OCc2ccncc2)OCO4)C3CCCCCC)C5CCCCCC)C1CCCCCC. The van der Waals surface area contributed by atoms with Crippen LogP contribution in [-0.2, 0) is 26.4 Å². The molecule has 5 aliphatic rings. The molecule has 0 saturated heterocycles. The van der Waals surface area contributed by atoms with E-state index in [1.807, 2.05) is 48.5 Å². The fraction of sp³-hybridized carbons (Fsp3) is 0.450. The summed E-state index contributed by atoms with van der Waals surface area (Å²) in [6, 6.07) is 25.4. The van der Waals surface area contributed by atoms with Gasteiger partial charge in [-0.2, -0.15) is 0 Å². The lowest BCUT2D eigenvalue weighted by Crippen LogP contribution is -2.24. The average molecular weight is 1300 g/mol. The Morgan fingerprint density at radius 2 is 0.458 bits per heavy atom. The first-order chi connectivity index (χ1) is 47.5. The molecule has 16 nitrogen and oxygen atoms in total. The van der Waals surface area contributed by atoms with Gasteiger partial charge in [0, 0.05) is 118 Å². The molecule has 16 heteroatoms. The number of rotatable bonds is 32. The molecule has 0 fully saturated rings. The van der Waals surface area contributed by atoms with Crippen LogP contribution >= 0.6 is 0 Å². The van der Waals surface area contributed by atoms with Gasteiger partial charge >= 0.3 is 0 Å². The van der Waals surface area contributed by atoms with Crippen LogP contribution in [0.2, 0.25) is 0 Å². The van der Waals surface area contributed by atoms with Gasteiger partial charge in [0.05, 0.1) is 0 Å². The molecule has 13 rings (SSSR count). The fourth-order valence-corrected chi connectivity index (χ4v) is 14.6. The Labute approximate surface area is 565 Å². The molecular weight excluding hydrogens is 1210 g/mol. The van der Waals surface area contributed by atoms with Gasteiger partial charge in [0.2, 0.25) is 50.2 Å². The minimum Gasteiger partial charge on any atom is -0.482 e. The van der Waals surface area contributed by atoms with Crippen LogP contribution in [0.25, 0.3) is 0 Å². The number of hydrogen-bond acceptors (Lipinski definition) is 16. The van der Waals surface area contributed by atoms with E-state index in [1.54, 1.807) is 49.6 Å². The van der Waals surface area contributed by atoms with Crippen molar-refractivity contribution in [3.63, 3.8) is 0 Å². The number of ether oxygens (including phenoxy) is 12. The van der Waals surface area contributed by atoms with Gasteiger partial charge in [0.15, 0.2) is 46.0 Å². The van der Waals surface area contributed by atoms with Crippen LogP contribution < -0.4 is 56.8 Å². The van der Waals surface area contributed by atoms with Crippen molar-refractivity contribution >= 4 is 0 Å². The van der Waals surface area contributed by atoms with Crippen LogP contribution in [0.5, 0.6) is 69.0 Å². The highest BCUT2D eigenvalue weighted by atomic mass is 16.7. The standard InChI is InChI=1S/C80H92N4O12/c1-5-9-13-17-21-57-61-41-63-58(22-18-14-10-6-2)65-43-67-60(24-20-16-12-8-4)68-44-66-59(23-19-15-11-7-3)64-42-62(57)70-78(86-46-54-27-35-82-36-28-54)72(64)92-51-94-74(66)80(88-48-56-31-39-84-40-32-56)76(68)96-52-95-75(67)79(87-47-55-29-37-83-38-30-55)73(65)93-50-91-71(63)77(69(61)89-49-90-70)85-45-53-25-33-81-34-26-53/h25-44,57-60H,5-24,45-52H2,1-4H3. The maximum absolute atomic E-state index is 7.31. The molecule has 0 spiro atoms. The molecule has 8 heterocycles. The van der Waals surface area contributed by atoms with Crippen LogP contribution in [0.3, 0.4) is 0 Å². The quantitative estimate of drug-likeness (QED) is 0.0366. The topological polar surface area (TPSA) is 162 Å². The number of unbranched alkanes of at least 4 members (excludes halogenated alkanes) is 12. The number of benzene rings is 4. The molecule has 4 aliphatic heterocycles. The van der Waals surface area contributed by atoms with Gasteiger partial charge in [-0.3, -0.25) is 19.9 Å². The molecule has 8 bridgehead atoms. The summed E-state index contributed by atoms with van der Waals surface area (Å²) >= 11 is 0. The van der Waals surface area contributed by atoms with Crippen molar-refractivity contribution in [3.05, 3.63) is 189 Å². The lowest BCUT2D eigenvalue weighted by atomic mass is 9.75. The second-order valence-electron chi connectivity index (χ2n) is 26.0. The van der Waals surface area contributed by atoms with Crippen LogP contribution in [0.1, 0.15) is 247 Å². The predicted molar refractivity (Wildman–Crippen MR) is 367 cm³/mol. The zero-order valence-electron chi connectivity index (χ0n) is 56.3. The lowest BCUT2D eigenvalue weighted by molar-refractivity contribution is 0.0811. The van der Waals surface area contributed by atoms with Crippen molar-refractivity contribution in [3.8, 4) is 69.0 Å². The Kier molecular flexibility index (Phi) is 22.1. The smallest absolute Gasteiger partial charge is 0.231 e. The van der Waals surface area contributed by atoms with Gasteiger partial charge < -0.3 is 56.8 Å². The first kappa shape index (κ1) is 65.7. The molecule has 0 atom stereocenters. The molecule has 0 saturated carbocycles. The van der Waals surface area contributed by atoms with Crippen molar-refractivity contribution in [2.24, 2.45) is 0 Å². The zero-order valence-corrected chi connectivity index (χ0v) is 56.3. The van der Waals surface area contributed by atoms with E-state index in [9.17, 15) is 0 Å². The van der Waals surface area contributed by atoms with Gasteiger partial charge in [0.25, 0.3) is 0 Å². The zero-order chi connectivity index (χ0) is 65.4. The third-order valence-electron chi connectivity index (χ3n) is 19.5. The summed E-state index contributed by atoms with van der Waals surface area (Å²) in [6.45, 7) is 9.15. The number of aromatic nitrogens is 4. The predicted octanol–water partition coefficient (Wildman–Crippen LogP) is 19.2. The van der Waals surface area contributed by atoms with Crippen LogP contribution in [-0.4, -0.2) is 47.1 Å². The molecule has 4 aromatic heterocycles. The Morgan fingerprint density at radius 3 is 0.635 bits per heavy atom. The number of nitrogens with zero attached hydrogens (tertiary/aromatic N) is 4. The summed E-state index contributed by atoms with van der Waals surface area (Å²) in [5, 5.41) is 0. The molecule has 0 amide bonds. The molecule has 96 heavy (non-hydrogen) atoms. The molecular formula is C80H92N4O12. The maximum Gasteiger partial charge on any atom is 0.231 e. The number of hydrogen-bond donors (Lipinski definition) is 0. The summed E-state index contributed by atoms with van der Waals surface area (Å²) in [6.07, 6.45) is 33.8. The van der Waals surface area contributed by atoms with E-state index in [4.69, 9.17) is 56.8 Å². The monoisotopic (exact) mass is 1300 g/mol. The van der Waals surface area contributed by atoms with Gasteiger partial charge in [-0.15, -0.1) is 0 Å². The van der Waals surface area contributed by atoms with Crippen molar-refractivity contribution in [2.75, 3.05) is 27.2 Å². The second kappa shape index (κ2) is 32.2. The van der Waals surface area contributed by atoms with Gasteiger partial charge in [-0.25, -0.2) is 0 Å². The summed E-state index contributed by atoms with van der Waals surface area (Å²) in [4.78, 5) is 17.5. The van der Waals surface area contributed by atoms with E-state index in [1.165, 1.54) is 0 Å². The Bertz CT molecular complexity index is 3240. The molecule has 0 N–H and O–H groups in total. The third-order valence-corrected chi connectivity index (χ3v) is 19.5.